The number of aromatic nitrogens is 3. The molecule has 10 heteroatoms. The quantitative estimate of drug-likeness (QED) is 0.553. The van der Waals surface area contributed by atoms with Gasteiger partial charge in [0.2, 0.25) is 0 Å². The Bertz CT molecular complexity index is 819. The summed E-state index contributed by atoms with van der Waals surface area (Å²) in [6, 6.07) is 3.06. The SMILES string of the molecule is Cc1ccc(C(F)(F)CN2CCC(N(N)c3ncnc(N(C)N)c3C)CC2)nc1. The highest BCUT2D eigenvalue weighted by Crippen LogP contribution is 2.30. The number of nitrogens with two attached hydrogens (primary N) is 2. The molecular formula is C19H28F2N8. The van der Waals surface area contributed by atoms with E-state index in [4.69, 9.17) is 11.7 Å². The van der Waals surface area contributed by atoms with E-state index >= 15 is 0 Å². The van der Waals surface area contributed by atoms with Gasteiger partial charge < -0.3 is 0 Å². The van der Waals surface area contributed by atoms with Crippen LogP contribution in [0.2, 0.25) is 0 Å². The maximum atomic E-state index is 14.6. The van der Waals surface area contributed by atoms with Crippen LogP contribution in [0.5, 0.6) is 0 Å². The second kappa shape index (κ2) is 8.52. The minimum atomic E-state index is -2.99. The van der Waals surface area contributed by atoms with Crippen LogP contribution in [0.1, 0.15) is 29.7 Å². The third-order valence-corrected chi connectivity index (χ3v) is 5.27. The van der Waals surface area contributed by atoms with Crippen molar-refractivity contribution in [1.82, 2.24) is 19.9 Å². The fourth-order valence-corrected chi connectivity index (χ4v) is 3.62. The average Bonchev–Trinajstić information content (AvgIpc) is 2.68. The third kappa shape index (κ3) is 4.77. The number of nitrogens with zero attached hydrogens (tertiary/aromatic N) is 6. The lowest BCUT2D eigenvalue weighted by molar-refractivity contribution is -0.0462. The van der Waals surface area contributed by atoms with Crippen LogP contribution in [-0.2, 0) is 5.92 Å². The van der Waals surface area contributed by atoms with Crippen molar-refractivity contribution in [2.75, 3.05) is 36.7 Å². The molecular weight excluding hydrogens is 378 g/mol. The second-order valence-electron chi connectivity index (χ2n) is 7.60. The third-order valence-electron chi connectivity index (χ3n) is 5.27. The second-order valence-corrected chi connectivity index (χ2v) is 7.60. The first-order valence-electron chi connectivity index (χ1n) is 9.56. The molecule has 0 aliphatic carbocycles. The van der Waals surface area contributed by atoms with Crippen LogP contribution < -0.4 is 21.7 Å². The van der Waals surface area contributed by atoms with Crippen LogP contribution in [0.3, 0.4) is 0 Å². The topological polar surface area (TPSA) is 100 Å². The molecule has 29 heavy (non-hydrogen) atoms. The minimum absolute atomic E-state index is 0.00176. The summed E-state index contributed by atoms with van der Waals surface area (Å²) in [6.45, 7) is 4.38. The van der Waals surface area contributed by atoms with Crippen LogP contribution in [0.4, 0.5) is 20.4 Å². The molecule has 1 saturated heterocycles. The fraction of sp³-hybridized carbons (Fsp3) is 0.526. The highest BCUT2D eigenvalue weighted by atomic mass is 19.3. The first kappa shape index (κ1) is 21.3. The van der Waals surface area contributed by atoms with Gasteiger partial charge in [-0.2, -0.15) is 8.78 Å². The number of rotatable bonds is 6. The zero-order valence-corrected chi connectivity index (χ0v) is 17.0. The fourth-order valence-electron chi connectivity index (χ4n) is 3.62. The van der Waals surface area contributed by atoms with Gasteiger partial charge in [-0.15, -0.1) is 0 Å². The van der Waals surface area contributed by atoms with Gasteiger partial charge in [-0.25, -0.2) is 21.7 Å². The lowest BCUT2D eigenvalue weighted by atomic mass is 10.0. The lowest BCUT2D eigenvalue weighted by Gasteiger charge is -2.38. The van der Waals surface area contributed by atoms with Gasteiger partial charge in [-0.1, -0.05) is 6.07 Å². The maximum Gasteiger partial charge on any atom is 0.302 e. The Labute approximate surface area is 169 Å². The molecule has 1 aliphatic rings. The Hall–Kier alpha value is -2.43. The van der Waals surface area contributed by atoms with Crippen molar-refractivity contribution in [3.63, 3.8) is 0 Å². The number of alkyl halides is 2. The molecule has 0 bridgehead atoms. The van der Waals surface area contributed by atoms with Gasteiger partial charge in [0.25, 0.3) is 0 Å². The highest BCUT2D eigenvalue weighted by Gasteiger charge is 2.37. The van der Waals surface area contributed by atoms with E-state index < -0.39 is 5.92 Å². The van der Waals surface area contributed by atoms with Crippen LogP contribution in [0.15, 0.2) is 24.7 Å². The summed E-state index contributed by atoms with van der Waals surface area (Å²) in [5.74, 6) is 10.3. The minimum Gasteiger partial charge on any atom is -0.298 e. The van der Waals surface area contributed by atoms with E-state index in [1.54, 1.807) is 23.0 Å². The predicted octanol–water partition coefficient (Wildman–Crippen LogP) is 1.73. The number of anilines is 2. The molecule has 1 fully saturated rings. The monoisotopic (exact) mass is 406 g/mol. The summed E-state index contributed by atoms with van der Waals surface area (Å²) in [7, 11) is 1.70. The van der Waals surface area contributed by atoms with Gasteiger partial charge in [-0.05, 0) is 38.3 Å². The largest absolute Gasteiger partial charge is 0.302 e. The van der Waals surface area contributed by atoms with Gasteiger partial charge in [-0.3, -0.25) is 19.9 Å². The van der Waals surface area contributed by atoms with Crippen molar-refractivity contribution in [2.45, 2.75) is 38.7 Å². The first-order chi connectivity index (χ1) is 13.7. The van der Waals surface area contributed by atoms with Crippen molar-refractivity contribution in [3.05, 3.63) is 41.5 Å². The summed E-state index contributed by atoms with van der Waals surface area (Å²) >= 11 is 0. The Balaban J connectivity index is 1.62. The highest BCUT2D eigenvalue weighted by molar-refractivity contribution is 5.58. The molecule has 0 atom stereocenters. The van der Waals surface area contributed by atoms with E-state index in [1.807, 2.05) is 13.8 Å². The number of hydrogen-bond acceptors (Lipinski definition) is 8. The van der Waals surface area contributed by atoms with Crippen LogP contribution in [0.25, 0.3) is 0 Å². The van der Waals surface area contributed by atoms with E-state index in [0.717, 1.165) is 11.1 Å². The number of pyridine rings is 1. The molecule has 158 valence electrons. The average molecular weight is 406 g/mol. The van der Waals surface area contributed by atoms with Crippen molar-refractivity contribution in [3.8, 4) is 0 Å². The Morgan fingerprint density at radius 2 is 1.76 bits per heavy atom. The molecule has 1 aliphatic heterocycles. The molecule has 0 spiro atoms. The number of hydrogen-bond donors (Lipinski definition) is 2. The number of aryl methyl sites for hydroxylation is 1. The summed E-state index contributed by atoms with van der Waals surface area (Å²) in [4.78, 5) is 14.1. The Kier molecular flexibility index (Phi) is 6.25. The van der Waals surface area contributed by atoms with Gasteiger partial charge in [0, 0.05) is 37.9 Å². The molecule has 2 aromatic heterocycles. The molecule has 4 N–H and O–H groups in total. The molecule has 0 amide bonds. The van der Waals surface area contributed by atoms with Crippen molar-refractivity contribution in [2.24, 2.45) is 11.7 Å². The van der Waals surface area contributed by atoms with E-state index in [0.29, 0.717) is 37.6 Å². The smallest absolute Gasteiger partial charge is 0.298 e. The summed E-state index contributed by atoms with van der Waals surface area (Å²) in [6.07, 6.45) is 4.21. The Morgan fingerprint density at radius 3 is 2.34 bits per heavy atom. The zero-order chi connectivity index (χ0) is 21.2. The number of likely N-dealkylation sites (tertiary alicyclic amines) is 1. The standard InChI is InChI=1S/C19H28F2N8/c1-13-4-5-16(24-10-13)19(20,21)11-28-8-6-15(7-9-28)29(23)18-14(2)17(27(3)22)25-12-26-18/h4-5,10,12,15H,6-9,11,22-23H2,1-3H3. The first-order valence-corrected chi connectivity index (χ1v) is 9.56. The number of hydrazine groups is 2. The van der Waals surface area contributed by atoms with Crippen LogP contribution >= 0.6 is 0 Å². The van der Waals surface area contributed by atoms with Gasteiger partial charge in [0.1, 0.15) is 12.0 Å². The lowest BCUT2D eigenvalue weighted by Crippen LogP contribution is -2.50. The molecule has 3 heterocycles. The number of piperidine rings is 1. The van der Waals surface area contributed by atoms with Gasteiger partial charge in [0.15, 0.2) is 11.6 Å². The summed E-state index contributed by atoms with van der Waals surface area (Å²) in [5.41, 5.74) is 1.44. The van der Waals surface area contributed by atoms with E-state index in [-0.39, 0.29) is 18.3 Å². The zero-order valence-electron chi connectivity index (χ0n) is 17.0. The molecule has 0 unspecified atom stereocenters. The molecule has 0 radical (unpaired) electrons. The molecule has 3 rings (SSSR count). The van der Waals surface area contributed by atoms with Gasteiger partial charge in [0.05, 0.1) is 6.54 Å². The molecule has 2 aromatic rings. The van der Waals surface area contributed by atoms with E-state index in [2.05, 4.69) is 15.0 Å². The van der Waals surface area contributed by atoms with Gasteiger partial charge >= 0.3 is 5.92 Å². The van der Waals surface area contributed by atoms with Crippen molar-refractivity contribution >= 4 is 11.6 Å². The number of halogens is 2. The van der Waals surface area contributed by atoms with E-state index in [1.165, 1.54) is 23.6 Å². The van der Waals surface area contributed by atoms with E-state index in [9.17, 15) is 8.78 Å². The summed E-state index contributed by atoms with van der Waals surface area (Å²) < 4.78 is 29.2. The van der Waals surface area contributed by atoms with Crippen molar-refractivity contribution in [1.29, 1.82) is 0 Å². The predicted molar refractivity (Wildman–Crippen MR) is 108 cm³/mol. The molecule has 0 saturated carbocycles. The van der Waals surface area contributed by atoms with Crippen molar-refractivity contribution < 1.29 is 8.78 Å². The molecule has 0 aromatic carbocycles. The normalized spacial score (nSPS) is 16.1. The summed E-state index contributed by atoms with van der Waals surface area (Å²) in [5, 5.41) is 3.03. The Morgan fingerprint density at radius 1 is 1.10 bits per heavy atom. The van der Waals surface area contributed by atoms with Crippen LogP contribution in [0, 0.1) is 13.8 Å². The molecule has 8 nitrogen and oxygen atoms in total. The van der Waals surface area contributed by atoms with Crippen LogP contribution in [-0.4, -0.2) is 52.6 Å². The maximum absolute atomic E-state index is 14.6.